The number of aromatic nitrogens is 1. The van der Waals surface area contributed by atoms with Gasteiger partial charge in [0.2, 0.25) is 0 Å². The van der Waals surface area contributed by atoms with Crippen molar-refractivity contribution < 1.29 is 14.8 Å². The molecule has 0 amide bonds. The monoisotopic (exact) mass is 227 g/mol. The molecule has 0 fully saturated rings. The molecule has 0 atom stereocenters. The summed E-state index contributed by atoms with van der Waals surface area (Å²) in [7, 11) is 0. The molecule has 1 aromatic rings. The maximum absolute atomic E-state index is 11.2. The molecule has 1 rings (SSSR count). The fourth-order valence-corrected chi connectivity index (χ4v) is 1.17. The molecule has 7 nitrogen and oxygen atoms in total. The van der Waals surface area contributed by atoms with E-state index in [9.17, 15) is 15.3 Å². The van der Waals surface area contributed by atoms with Crippen molar-refractivity contribution in [2.45, 2.75) is 12.8 Å². The third kappa shape index (κ3) is 3.35. The van der Waals surface area contributed by atoms with Gasteiger partial charge in [-0.05, 0) is 12.8 Å². The minimum atomic E-state index is -0.557. The van der Waals surface area contributed by atoms with Crippen LogP contribution in [0.15, 0.2) is 18.3 Å². The lowest BCUT2D eigenvalue weighted by Gasteiger charge is -2.07. The Labute approximate surface area is 92.1 Å². The van der Waals surface area contributed by atoms with E-state index in [-0.39, 0.29) is 18.1 Å². The van der Waals surface area contributed by atoms with Crippen LogP contribution in [-0.2, 0) is 0 Å². The van der Waals surface area contributed by atoms with Gasteiger partial charge in [0.1, 0.15) is 12.3 Å². The second-order valence-corrected chi connectivity index (χ2v) is 3.21. The molecule has 2 N–H and O–H groups in total. The van der Waals surface area contributed by atoms with Crippen LogP contribution >= 0.6 is 0 Å². The summed E-state index contributed by atoms with van der Waals surface area (Å²) in [5.41, 5.74) is -0.128. The first kappa shape index (κ1) is 12.2. The van der Waals surface area contributed by atoms with Crippen LogP contribution in [0.4, 0.5) is 11.5 Å². The summed E-state index contributed by atoms with van der Waals surface area (Å²) in [6.07, 6.45) is 2.41. The number of hydrogen-bond donors (Lipinski definition) is 2. The van der Waals surface area contributed by atoms with Crippen LogP contribution in [0.5, 0.6) is 0 Å². The van der Waals surface area contributed by atoms with E-state index in [4.69, 9.17) is 5.11 Å². The van der Waals surface area contributed by atoms with Gasteiger partial charge in [0.05, 0.1) is 17.5 Å². The zero-order chi connectivity index (χ0) is 12.0. The van der Waals surface area contributed by atoms with Crippen molar-refractivity contribution in [2.24, 2.45) is 0 Å². The maximum Gasteiger partial charge on any atom is 0.284 e. The summed E-state index contributed by atoms with van der Waals surface area (Å²) in [4.78, 5) is 9.92. The number of rotatable bonds is 6. The minimum Gasteiger partial charge on any atom is -0.711 e. The predicted octanol–water partition coefficient (Wildman–Crippen LogP) is 0.413. The van der Waals surface area contributed by atoms with Crippen molar-refractivity contribution in [3.63, 3.8) is 0 Å². The third-order valence-electron chi connectivity index (χ3n) is 2.00. The van der Waals surface area contributed by atoms with Crippen LogP contribution in [0.3, 0.4) is 0 Å². The highest BCUT2D eigenvalue weighted by molar-refractivity contribution is 5.40. The van der Waals surface area contributed by atoms with Gasteiger partial charge in [0.15, 0.2) is 0 Å². The highest BCUT2D eigenvalue weighted by Gasteiger charge is 2.11. The van der Waals surface area contributed by atoms with Crippen LogP contribution < -0.4 is 10.0 Å². The number of hydrogen-bond acceptors (Lipinski definition) is 5. The van der Waals surface area contributed by atoms with Crippen molar-refractivity contribution in [1.82, 2.24) is 0 Å². The van der Waals surface area contributed by atoms with Crippen molar-refractivity contribution in [3.8, 4) is 0 Å². The van der Waals surface area contributed by atoms with E-state index in [2.05, 4.69) is 5.32 Å². The number of aliphatic hydroxyl groups excluding tert-OH is 1. The second kappa shape index (κ2) is 5.86. The van der Waals surface area contributed by atoms with Crippen LogP contribution in [0.25, 0.3) is 0 Å². The lowest BCUT2D eigenvalue weighted by molar-refractivity contribution is -0.591. The van der Waals surface area contributed by atoms with Crippen LogP contribution in [0.1, 0.15) is 12.8 Å². The molecule has 0 spiro atoms. The van der Waals surface area contributed by atoms with Crippen molar-refractivity contribution >= 4 is 11.5 Å². The number of anilines is 1. The summed E-state index contributed by atoms with van der Waals surface area (Å²) in [5.74, 6) is 0.145. The lowest BCUT2D eigenvalue weighted by atomic mass is 10.3. The maximum atomic E-state index is 11.2. The first-order valence-electron chi connectivity index (χ1n) is 4.87. The van der Waals surface area contributed by atoms with E-state index in [1.807, 2.05) is 0 Å². The lowest BCUT2D eigenvalue weighted by Crippen LogP contribution is -2.30. The van der Waals surface area contributed by atoms with Crippen molar-refractivity contribution in [1.29, 1.82) is 0 Å². The SMILES string of the molecule is O=[N+]([O-])c1cc[n+]([O-])c(NCCCCO)c1. The molecule has 0 aliphatic heterocycles. The van der Waals surface area contributed by atoms with Crippen molar-refractivity contribution in [2.75, 3.05) is 18.5 Å². The van der Waals surface area contributed by atoms with Gasteiger partial charge in [0, 0.05) is 6.61 Å². The quantitative estimate of drug-likeness (QED) is 0.241. The van der Waals surface area contributed by atoms with E-state index < -0.39 is 4.92 Å². The number of nitro groups is 1. The number of nitrogens with zero attached hydrogens (tertiary/aromatic N) is 2. The van der Waals surface area contributed by atoms with E-state index in [1.165, 1.54) is 6.07 Å². The van der Waals surface area contributed by atoms with Gasteiger partial charge < -0.3 is 10.3 Å². The molecule has 0 saturated carbocycles. The molecule has 0 aliphatic carbocycles. The van der Waals surface area contributed by atoms with E-state index >= 15 is 0 Å². The predicted molar refractivity (Wildman–Crippen MR) is 56.9 cm³/mol. The van der Waals surface area contributed by atoms with E-state index in [1.54, 1.807) is 0 Å². The average Bonchev–Trinajstić information content (AvgIpc) is 2.26. The Balaban J connectivity index is 2.63. The van der Waals surface area contributed by atoms with E-state index in [0.29, 0.717) is 24.1 Å². The van der Waals surface area contributed by atoms with Crippen LogP contribution in [-0.4, -0.2) is 23.2 Å². The Bertz CT molecular complexity index is 370. The zero-order valence-corrected chi connectivity index (χ0v) is 8.63. The van der Waals surface area contributed by atoms with Gasteiger partial charge in [-0.3, -0.25) is 15.4 Å². The Morgan fingerprint density at radius 2 is 2.25 bits per heavy atom. The molecule has 0 unspecified atom stereocenters. The molecule has 1 aromatic heterocycles. The second-order valence-electron chi connectivity index (χ2n) is 3.21. The Kier molecular flexibility index (Phi) is 4.46. The highest BCUT2D eigenvalue weighted by Crippen LogP contribution is 2.12. The molecular formula is C9H13N3O4. The van der Waals surface area contributed by atoms with Gasteiger partial charge in [-0.2, -0.15) is 0 Å². The van der Waals surface area contributed by atoms with Gasteiger partial charge in [0.25, 0.3) is 11.5 Å². The molecule has 0 saturated heterocycles. The molecule has 0 bridgehead atoms. The standard InChI is InChI=1S/C9H13N3O4/c13-6-2-1-4-10-9-7-8(12(15)16)3-5-11(9)14/h3,5,7,10,13H,1-2,4,6H2. The summed E-state index contributed by atoms with van der Waals surface area (Å²) in [6.45, 7) is 0.581. The van der Waals surface area contributed by atoms with Crippen LogP contribution in [0.2, 0.25) is 0 Å². The number of nitrogens with one attached hydrogen (secondary N) is 1. The summed E-state index contributed by atoms with van der Waals surface area (Å²) >= 11 is 0. The molecule has 88 valence electrons. The number of aliphatic hydroxyl groups is 1. The van der Waals surface area contributed by atoms with Gasteiger partial charge >= 0.3 is 0 Å². The fourth-order valence-electron chi connectivity index (χ4n) is 1.17. The number of unbranched alkanes of at least 4 members (excludes halogenated alkanes) is 1. The number of pyridine rings is 1. The largest absolute Gasteiger partial charge is 0.711 e. The molecule has 0 aliphatic rings. The molecule has 16 heavy (non-hydrogen) atoms. The molecule has 1 heterocycles. The zero-order valence-electron chi connectivity index (χ0n) is 8.63. The Morgan fingerprint density at radius 1 is 1.50 bits per heavy atom. The normalized spacial score (nSPS) is 10.1. The Hall–Kier alpha value is -1.89. The summed E-state index contributed by atoms with van der Waals surface area (Å²) in [5, 5.41) is 33.0. The smallest absolute Gasteiger partial charge is 0.284 e. The average molecular weight is 227 g/mol. The van der Waals surface area contributed by atoms with E-state index in [0.717, 1.165) is 12.3 Å². The topological polar surface area (TPSA) is 102 Å². The first-order chi connectivity index (χ1) is 7.65. The molecule has 0 radical (unpaired) electrons. The third-order valence-corrected chi connectivity index (χ3v) is 2.00. The Morgan fingerprint density at radius 3 is 2.88 bits per heavy atom. The van der Waals surface area contributed by atoms with Crippen molar-refractivity contribution in [3.05, 3.63) is 33.7 Å². The van der Waals surface area contributed by atoms with Crippen LogP contribution in [0, 0.1) is 15.3 Å². The van der Waals surface area contributed by atoms with Gasteiger partial charge in [-0.15, -0.1) is 0 Å². The minimum absolute atomic E-state index is 0.0913. The summed E-state index contributed by atoms with van der Waals surface area (Å²) in [6, 6.07) is 2.33. The molecular weight excluding hydrogens is 214 g/mol. The van der Waals surface area contributed by atoms with Gasteiger partial charge in [-0.1, -0.05) is 0 Å². The first-order valence-corrected chi connectivity index (χ1v) is 4.87. The van der Waals surface area contributed by atoms with Gasteiger partial charge in [-0.25, -0.2) is 4.73 Å². The fraction of sp³-hybridized carbons (Fsp3) is 0.444. The summed E-state index contributed by atoms with van der Waals surface area (Å²) < 4.78 is 0.534. The molecule has 7 heteroatoms. The molecule has 0 aromatic carbocycles. The highest BCUT2D eigenvalue weighted by atomic mass is 16.6.